The van der Waals surface area contributed by atoms with E-state index in [-0.39, 0.29) is 36.0 Å². The van der Waals surface area contributed by atoms with Gasteiger partial charge in [-0.1, -0.05) is 6.92 Å². The van der Waals surface area contributed by atoms with Gasteiger partial charge < -0.3 is 21.3 Å². The molecule has 13 nitrogen and oxygen atoms in total. The average Bonchev–Trinajstić information content (AvgIpc) is 3.06. The second kappa shape index (κ2) is 14.1. The second-order valence-corrected chi connectivity index (χ2v) is 10.2. The number of rotatable bonds is 9. The number of likely N-dealkylation sites (N-methyl/N-ethyl adjacent to an activating group) is 1. The smallest absolute Gasteiger partial charge is 0.335 e. The van der Waals surface area contributed by atoms with Gasteiger partial charge in [-0.2, -0.15) is 5.10 Å². The highest BCUT2D eigenvalue weighted by atomic mass is 16.2. The maximum atomic E-state index is 13.2. The van der Waals surface area contributed by atoms with Crippen molar-refractivity contribution in [2.45, 2.75) is 82.8 Å². The Hall–Kier alpha value is -3.22. The lowest BCUT2D eigenvalue weighted by molar-refractivity contribution is -0.176. The lowest BCUT2D eigenvalue weighted by Gasteiger charge is -2.43. The minimum absolute atomic E-state index is 0.0512. The summed E-state index contributed by atoms with van der Waals surface area (Å²) in [6.07, 6.45) is 7.09. The molecule has 2 aliphatic heterocycles. The van der Waals surface area contributed by atoms with E-state index in [1.54, 1.807) is 14.1 Å². The molecule has 3 rings (SSSR count). The summed E-state index contributed by atoms with van der Waals surface area (Å²) in [5.74, 6) is -0.342. The molecule has 38 heavy (non-hydrogen) atoms. The Morgan fingerprint density at radius 2 is 1.79 bits per heavy atom. The van der Waals surface area contributed by atoms with Gasteiger partial charge in [0.05, 0.1) is 12.1 Å². The molecule has 0 bridgehead atoms. The van der Waals surface area contributed by atoms with Crippen LogP contribution in [0.15, 0.2) is 5.10 Å². The second-order valence-electron chi connectivity index (χ2n) is 10.2. The fraction of sp³-hybridized carbons (Fsp3) is 0.760. The molecule has 3 atom stereocenters. The number of fused-ring (bicyclic) bond motifs is 1. The Labute approximate surface area is 223 Å². The predicted octanol–water partition coefficient (Wildman–Crippen LogP) is -0.165. The van der Waals surface area contributed by atoms with Crippen molar-refractivity contribution in [2.24, 2.45) is 16.9 Å². The highest BCUT2D eigenvalue weighted by Gasteiger charge is 2.44. The Morgan fingerprint density at radius 1 is 1.05 bits per heavy atom. The van der Waals surface area contributed by atoms with Gasteiger partial charge in [0.15, 0.2) is 0 Å². The monoisotopic (exact) mass is 534 g/mol. The molecule has 3 aliphatic rings. The summed E-state index contributed by atoms with van der Waals surface area (Å²) in [6, 6.07) is -2.21. The van der Waals surface area contributed by atoms with Gasteiger partial charge in [0.1, 0.15) is 6.04 Å². The van der Waals surface area contributed by atoms with Gasteiger partial charge in [-0.25, -0.2) is 15.2 Å². The summed E-state index contributed by atoms with van der Waals surface area (Å²) < 4.78 is 0. The highest BCUT2D eigenvalue weighted by Crippen LogP contribution is 2.28. The number of carbonyl (C=O) groups excluding carboxylic acids is 5. The first-order valence-corrected chi connectivity index (χ1v) is 13.7. The van der Waals surface area contributed by atoms with Crippen molar-refractivity contribution in [1.29, 1.82) is 0 Å². The van der Waals surface area contributed by atoms with E-state index in [2.05, 4.69) is 31.8 Å². The van der Waals surface area contributed by atoms with Gasteiger partial charge in [0, 0.05) is 38.7 Å². The molecule has 3 fully saturated rings. The van der Waals surface area contributed by atoms with E-state index in [0.29, 0.717) is 44.7 Å². The molecular weight excluding hydrogens is 492 g/mol. The van der Waals surface area contributed by atoms with Crippen molar-refractivity contribution in [3.63, 3.8) is 0 Å². The van der Waals surface area contributed by atoms with Gasteiger partial charge in [0.2, 0.25) is 17.7 Å². The van der Waals surface area contributed by atoms with Crippen molar-refractivity contribution < 1.29 is 24.0 Å². The van der Waals surface area contributed by atoms with E-state index in [4.69, 9.17) is 0 Å². The highest BCUT2D eigenvalue weighted by molar-refractivity contribution is 5.94. The number of hydrazone groups is 1. The number of nitrogens with one attached hydrogen (secondary N) is 5. The number of hydrogen-bond donors (Lipinski definition) is 5. The molecule has 0 spiro atoms. The number of hydrazine groups is 1. The third-order valence-corrected chi connectivity index (χ3v) is 7.72. The first kappa shape index (κ1) is 29.3. The van der Waals surface area contributed by atoms with Crippen molar-refractivity contribution >= 4 is 35.9 Å². The Morgan fingerprint density at radius 3 is 2.45 bits per heavy atom. The van der Waals surface area contributed by atoms with Crippen molar-refractivity contribution in [1.82, 2.24) is 36.7 Å². The molecule has 2 saturated heterocycles. The van der Waals surface area contributed by atoms with Crippen LogP contribution in [0.5, 0.6) is 0 Å². The van der Waals surface area contributed by atoms with Gasteiger partial charge in [-0.05, 0) is 64.3 Å². The number of urea groups is 1. The lowest BCUT2D eigenvalue weighted by atomic mass is 9.81. The van der Waals surface area contributed by atoms with Crippen molar-refractivity contribution in [3.05, 3.63) is 0 Å². The van der Waals surface area contributed by atoms with E-state index in [1.807, 2.05) is 6.92 Å². The van der Waals surface area contributed by atoms with Crippen LogP contribution in [0.25, 0.3) is 0 Å². The average molecular weight is 535 g/mol. The number of hydrogen-bond acceptors (Lipinski definition) is 7. The summed E-state index contributed by atoms with van der Waals surface area (Å²) in [4.78, 5) is 62.8. The quantitative estimate of drug-likeness (QED) is 0.204. The van der Waals surface area contributed by atoms with E-state index in [9.17, 15) is 24.0 Å². The molecule has 2 heterocycles. The Kier molecular flexibility index (Phi) is 10.9. The first-order chi connectivity index (χ1) is 18.3. The molecule has 0 aromatic carbocycles. The van der Waals surface area contributed by atoms with Crippen LogP contribution in [0.1, 0.15) is 64.7 Å². The van der Waals surface area contributed by atoms with Crippen LogP contribution in [0.3, 0.4) is 0 Å². The van der Waals surface area contributed by atoms with Crippen LogP contribution in [0.2, 0.25) is 0 Å². The first-order valence-electron chi connectivity index (χ1n) is 13.7. The van der Waals surface area contributed by atoms with E-state index < -0.39 is 24.2 Å². The van der Waals surface area contributed by atoms with Crippen LogP contribution in [0.4, 0.5) is 4.79 Å². The lowest BCUT2D eigenvalue weighted by Crippen LogP contribution is -2.64. The van der Waals surface area contributed by atoms with Gasteiger partial charge in [-0.15, -0.1) is 0 Å². The van der Waals surface area contributed by atoms with E-state index in [1.165, 1.54) is 16.2 Å². The maximum Gasteiger partial charge on any atom is 0.335 e. The number of nitrogens with zero attached hydrogens (tertiary/aromatic N) is 3. The van der Waals surface area contributed by atoms with Crippen LogP contribution >= 0.6 is 0 Å². The Balaban J connectivity index is 1.47. The molecular formula is C25H42N8O5. The molecule has 5 N–H and O–H groups in total. The number of amides is 6. The summed E-state index contributed by atoms with van der Waals surface area (Å²) in [7, 11) is 3.32. The normalized spacial score (nSPS) is 26.8. The summed E-state index contributed by atoms with van der Waals surface area (Å²) in [5, 5.41) is 18.1. The third-order valence-electron chi connectivity index (χ3n) is 7.72. The molecule has 13 heteroatoms. The zero-order valence-electron chi connectivity index (χ0n) is 22.6. The standard InChI is InChI=1S/C25H42N8O5/c1-4-18(15-29-31-25(38)28-14-16-7-9-17(10-8-16)22(35)27-3)30-23(36)20-6-5-13-32-21(34)12-11-19(26-2)24(37)33(20)32/h15-20,26H,4-14H2,1-3H3,(H,27,35)(H,30,36)(H2,28,31,38)/b29-15+. The fourth-order valence-electron chi connectivity index (χ4n) is 5.36. The molecule has 0 radical (unpaired) electrons. The maximum absolute atomic E-state index is 13.2. The summed E-state index contributed by atoms with van der Waals surface area (Å²) in [6.45, 7) is 2.79. The minimum Gasteiger partial charge on any atom is -0.359 e. The van der Waals surface area contributed by atoms with Gasteiger partial charge in [-0.3, -0.25) is 24.2 Å². The van der Waals surface area contributed by atoms with E-state index in [0.717, 1.165) is 25.7 Å². The largest absolute Gasteiger partial charge is 0.359 e. The summed E-state index contributed by atoms with van der Waals surface area (Å²) >= 11 is 0. The minimum atomic E-state index is -0.786. The zero-order valence-corrected chi connectivity index (χ0v) is 22.6. The Bertz CT molecular complexity index is 904. The third kappa shape index (κ3) is 7.42. The van der Waals surface area contributed by atoms with Crippen LogP contribution < -0.4 is 26.7 Å². The predicted molar refractivity (Wildman–Crippen MR) is 140 cm³/mol. The molecule has 1 saturated carbocycles. The molecule has 0 aromatic rings. The molecule has 0 aromatic heterocycles. The molecule has 1 aliphatic carbocycles. The fourth-order valence-corrected chi connectivity index (χ4v) is 5.36. The van der Waals surface area contributed by atoms with Gasteiger partial charge >= 0.3 is 6.03 Å². The molecule has 212 valence electrons. The topological polar surface area (TPSA) is 164 Å². The van der Waals surface area contributed by atoms with E-state index >= 15 is 0 Å². The summed E-state index contributed by atoms with van der Waals surface area (Å²) in [5.41, 5.74) is 2.43. The number of carbonyl (C=O) groups is 5. The van der Waals surface area contributed by atoms with Crippen molar-refractivity contribution in [3.8, 4) is 0 Å². The SMILES string of the molecule is CCC(/C=N/NC(=O)NCC1CCC(C(=O)NC)CC1)NC(=O)C1CCCN2C(=O)CCC(NC)C(=O)N12. The van der Waals surface area contributed by atoms with Crippen LogP contribution in [-0.2, 0) is 19.2 Å². The molecule has 6 amide bonds. The van der Waals surface area contributed by atoms with Gasteiger partial charge in [0.25, 0.3) is 5.91 Å². The van der Waals surface area contributed by atoms with Crippen LogP contribution in [0, 0.1) is 11.8 Å². The zero-order chi connectivity index (χ0) is 27.7. The van der Waals surface area contributed by atoms with Crippen LogP contribution in [-0.4, -0.2) is 91.2 Å². The van der Waals surface area contributed by atoms with Crippen molar-refractivity contribution in [2.75, 3.05) is 27.2 Å². The molecule has 3 unspecified atom stereocenters.